The molecule has 8 heteroatoms. The van der Waals surface area contributed by atoms with E-state index in [2.05, 4.69) is 26.4 Å². The molecule has 196 valence electrons. The Morgan fingerprint density at radius 1 is 0.974 bits per heavy atom. The summed E-state index contributed by atoms with van der Waals surface area (Å²) in [6, 6.07) is 19.4. The van der Waals surface area contributed by atoms with Gasteiger partial charge in [-0.3, -0.25) is 9.78 Å². The number of aromatic nitrogens is 4. The predicted molar refractivity (Wildman–Crippen MR) is 153 cm³/mol. The first kappa shape index (κ1) is 25.9. The molecule has 2 aromatic carbocycles. The summed E-state index contributed by atoms with van der Waals surface area (Å²) >= 11 is 0. The van der Waals surface area contributed by atoms with Crippen molar-refractivity contribution in [1.29, 1.82) is 0 Å². The van der Waals surface area contributed by atoms with Crippen molar-refractivity contribution in [3.63, 3.8) is 0 Å². The third-order valence-electron chi connectivity index (χ3n) is 6.63. The zero-order chi connectivity index (χ0) is 27.2. The highest BCUT2D eigenvalue weighted by Gasteiger charge is 2.17. The van der Waals surface area contributed by atoms with Crippen LogP contribution in [0.25, 0.3) is 21.9 Å². The molecule has 0 aliphatic carbocycles. The van der Waals surface area contributed by atoms with Gasteiger partial charge in [-0.05, 0) is 43.5 Å². The van der Waals surface area contributed by atoms with E-state index in [0.29, 0.717) is 47.6 Å². The van der Waals surface area contributed by atoms with Gasteiger partial charge in [0.2, 0.25) is 0 Å². The number of carbonyl (C=O) groups is 1. The standard InChI is InChI=1S/C31H30N6O2/c1-39-18-16-27-36-28-29(23-11-5-6-13-26(23)35-30(28)32)37(27)17-8-7-12-25-24(31(33)38)19-22(20-34-25)15-14-21-9-3-2-4-10-21/h2-6,9-11,13,19-20H,7-8,12,16-18H2,1H3,(H2,32,35)(H2,33,38). The zero-order valence-corrected chi connectivity index (χ0v) is 21.9. The summed E-state index contributed by atoms with van der Waals surface area (Å²) in [5.74, 6) is 7.00. The normalized spacial score (nSPS) is 11.0. The number of nitrogen functional groups attached to an aromatic ring is 1. The summed E-state index contributed by atoms with van der Waals surface area (Å²) in [6.45, 7) is 1.29. The van der Waals surface area contributed by atoms with Gasteiger partial charge in [0.05, 0.1) is 28.9 Å². The summed E-state index contributed by atoms with van der Waals surface area (Å²) in [4.78, 5) is 26.1. The Kier molecular flexibility index (Phi) is 7.80. The number of nitrogens with two attached hydrogens (primary N) is 2. The van der Waals surface area contributed by atoms with E-state index in [1.165, 1.54) is 0 Å². The Hall–Kier alpha value is -4.74. The van der Waals surface area contributed by atoms with Crippen molar-refractivity contribution in [2.75, 3.05) is 19.5 Å². The second-order valence-corrected chi connectivity index (χ2v) is 9.29. The van der Waals surface area contributed by atoms with Crippen molar-refractivity contribution in [2.24, 2.45) is 5.73 Å². The lowest BCUT2D eigenvalue weighted by Crippen LogP contribution is -2.15. The Morgan fingerprint density at radius 3 is 2.54 bits per heavy atom. The molecule has 0 bridgehead atoms. The monoisotopic (exact) mass is 518 g/mol. The van der Waals surface area contributed by atoms with Gasteiger partial charge in [-0.2, -0.15) is 0 Å². The van der Waals surface area contributed by atoms with Crippen LogP contribution in [0.4, 0.5) is 5.82 Å². The minimum Gasteiger partial charge on any atom is -0.384 e. The molecule has 5 rings (SSSR count). The number of hydrogen-bond acceptors (Lipinski definition) is 6. The number of imidazole rings is 1. The molecule has 0 aliphatic rings. The molecule has 0 spiro atoms. The fraction of sp³-hybridized carbons (Fsp3) is 0.226. The van der Waals surface area contributed by atoms with Crippen LogP contribution in [0.15, 0.2) is 66.9 Å². The SMILES string of the molecule is COCCc1nc2c(N)nc3ccccc3c2n1CCCCc1ncc(C#Cc2ccccc2)cc1C(N)=O. The number of unbranched alkanes of at least 4 members (excludes halogenated alkanes) is 1. The van der Waals surface area contributed by atoms with Gasteiger partial charge in [-0.1, -0.05) is 48.2 Å². The van der Waals surface area contributed by atoms with E-state index in [1.807, 2.05) is 54.6 Å². The van der Waals surface area contributed by atoms with Gasteiger partial charge >= 0.3 is 0 Å². The van der Waals surface area contributed by atoms with Gasteiger partial charge in [-0.25, -0.2) is 9.97 Å². The lowest BCUT2D eigenvalue weighted by Gasteiger charge is -2.11. The van der Waals surface area contributed by atoms with Crippen LogP contribution in [0, 0.1) is 11.8 Å². The summed E-state index contributed by atoms with van der Waals surface area (Å²) in [6.07, 6.45) is 4.64. The molecular weight excluding hydrogens is 488 g/mol. The largest absolute Gasteiger partial charge is 0.384 e. The maximum absolute atomic E-state index is 12.2. The highest BCUT2D eigenvalue weighted by molar-refractivity contribution is 6.06. The molecule has 0 radical (unpaired) electrons. The molecule has 5 aromatic rings. The number of anilines is 1. The summed E-state index contributed by atoms with van der Waals surface area (Å²) < 4.78 is 7.55. The first-order valence-electron chi connectivity index (χ1n) is 12.9. The number of para-hydroxylation sites is 1. The van der Waals surface area contributed by atoms with E-state index >= 15 is 0 Å². The fourth-order valence-electron chi connectivity index (χ4n) is 4.73. The number of nitrogens with zero attached hydrogens (tertiary/aromatic N) is 4. The third kappa shape index (κ3) is 5.74. The predicted octanol–water partition coefficient (Wildman–Crippen LogP) is 4.27. The Balaban J connectivity index is 1.35. The molecule has 0 atom stereocenters. The van der Waals surface area contributed by atoms with Gasteiger partial charge in [-0.15, -0.1) is 0 Å². The van der Waals surface area contributed by atoms with Crippen molar-refractivity contribution in [3.05, 3.63) is 95.1 Å². The number of rotatable bonds is 9. The van der Waals surface area contributed by atoms with Crippen LogP contribution in [-0.2, 0) is 24.1 Å². The van der Waals surface area contributed by atoms with Crippen LogP contribution in [0.2, 0.25) is 0 Å². The van der Waals surface area contributed by atoms with Gasteiger partial charge in [0.15, 0.2) is 5.82 Å². The molecule has 3 heterocycles. The van der Waals surface area contributed by atoms with E-state index in [0.717, 1.165) is 47.2 Å². The number of carbonyl (C=O) groups excluding carboxylic acids is 1. The van der Waals surface area contributed by atoms with Crippen LogP contribution in [0.1, 0.15) is 45.8 Å². The molecule has 0 saturated carbocycles. The maximum atomic E-state index is 12.2. The molecule has 0 aliphatic heterocycles. The van der Waals surface area contributed by atoms with Crippen LogP contribution < -0.4 is 11.5 Å². The number of benzene rings is 2. The molecule has 39 heavy (non-hydrogen) atoms. The summed E-state index contributed by atoms with van der Waals surface area (Å²) in [5.41, 5.74) is 17.2. The van der Waals surface area contributed by atoms with E-state index in [9.17, 15) is 4.79 Å². The van der Waals surface area contributed by atoms with Crippen LogP contribution >= 0.6 is 0 Å². The Morgan fingerprint density at radius 2 is 1.74 bits per heavy atom. The fourth-order valence-corrected chi connectivity index (χ4v) is 4.73. The number of methoxy groups -OCH3 is 1. The van der Waals surface area contributed by atoms with Crippen molar-refractivity contribution < 1.29 is 9.53 Å². The lowest BCUT2D eigenvalue weighted by atomic mass is 10.0. The Labute approximate surface area is 227 Å². The van der Waals surface area contributed by atoms with Crippen molar-refractivity contribution in [2.45, 2.75) is 32.2 Å². The number of pyridine rings is 2. The highest BCUT2D eigenvalue weighted by atomic mass is 16.5. The molecule has 0 unspecified atom stereocenters. The van der Waals surface area contributed by atoms with Gasteiger partial charge in [0.1, 0.15) is 11.3 Å². The average molecular weight is 519 g/mol. The third-order valence-corrected chi connectivity index (χ3v) is 6.63. The van der Waals surface area contributed by atoms with E-state index in [-0.39, 0.29) is 0 Å². The van der Waals surface area contributed by atoms with Crippen LogP contribution in [-0.4, -0.2) is 39.1 Å². The lowest BCUT2D eigenvalue weighted by molar-refractivity contribution is 0.0999. The quantitative estimate of drug-likeness (QED) is 0.222. The second-order valence-electron chi connectivity index (χ2n) is 9.29. The van der Waals surface area contributed by atoms with Gasteiger partial charge in [0, 0.05) is 42.8 Å². The first-order valence-corrected chi connectivity index (χ1v) is 12.9. The molecule has 8 nitrogen and oxygen atoms in total. The van der Waals surface area contributed by atoms with Crippen LogP contribution in [0.3, 0.4) is 0 Å². The van der Waals surface area contributed by atoms with Crippen molar-refractivity contribution in [1.82, 2.24) is 19.5 Å². The second kappa shape index (κ2) is 11.8. The van der Waals surface area contributed by atoms with E-state index in [4.69, 9.17) is 21.2 Å². The molecular formula is C31H30N6O2. The van der Waals surface area contributed by atoms with Crippen LogP contribution in [0.5, 0.6) is 0 Å². The summed E-state index contributed by atoms with van der Waals surface area (Å²) in [5, 5.41) is 1.02. The molecule has 4 N–H and O–H groups in total. The zero-order valence-electron chi connectivity index (χ0n) is 21.9. The maximum Gasteiger partial charge on any atom is 0.250 e. The molecule has 3 aromatic heterocycles. The summed E-state index contributed by atoms with van der Waals surface area (Å²) in [7, 11) is 1.68. The minimum atomic E-state index is -0.502. The van der Waals surface area contributed by atoms with Crippen molar-refractivity contribution >= 4 is 33.7 Å². The number of ether oxygens (including phenoxy) is 1. The Bertz CT molecular complexity index is 1700. The minimum absolute atomic E-state index is 0.411. The average Bonchev–Trinajstić information content (AvgIpc) is 3.33. The highest BCUT2D eigenvalue weighted by Crippen LogP contribution is 2.29. The van der Waals surface area contributed by atoms with Gasteiger partial charge in [0.25, 0.3) is 5.91 Å². The topological polar surface area (TPSA) is 122 Å². The van der Waals surface area contributed by atoms with Crippen molar-refractivity contribution in [3.8, 4) is 11.8 Å². The number of primary amides is 1. The molecule has 1 amide bonds. The smallest absolute Gasteiger partial charge is 0.250 e. The number of hydrogen-bond donors (Lipinski definition) is 2. The van der Waals surface area contributed by atoms with E-state index in [1.54, 1.807) is 19.4 Å². The van der Waals surface area contributed by atoms with E-state index < -0.39 is 5.91 Å². The molecule has 0 saturated heterocycles. The number of fused-ring (bicyclic) bond motifs is 3. The first-order chi connectivity index (χ1) is 19.0. The number of aryl methyl sites for hydroxylation is 2. The van der Waals surface area contributed by atoms with Gasteiger partial charge < -0.3 is 20.8 Å². The molecule has 0 fully saturated rings. The number of amides is 1.